The molecule has 0 aliphatic carbocycles. The number of imidazole rings is 1. The van der Waals surface area contributed by atoms with Crippen LogP contribution in [0, 0.1) is 0 Å². The molecule has 1 aromatic carbocycles. The molecule has 4 heteroatoms. The third-order valence-corrected chi connectivity index (χ3v) is 3.17. The average molecular weight is 219 g/mol. The van der Waals surface area contributed by atoms with E-state index in [0.29, 0.717) is 0 Å². The number of aliphatic imine (C=N–C) groups is 1. The summed E-state index contributed by atoms with van der Waals surface area (Å²) in [5.41, 5.74) is 3.30. The first-order valence-electron chi connectivity index (χ1n) is 4.68. The van der Waals surface area contributed by atoms with Crippen molar-refractivity contribution in [2.45, 2.75) is 0 Å². The monoisotopic (exact) mass is 219 g/mol. The van der Waals surface area contributed by atoms with Crippen LogP contribution >= 0.6 is 11.8 Å². The van der Waals surface area contributed by atoms with Crippen LogP contribution in [0.3, 0.4) is 0 Å². The molecule has 1 heterocycles. The molecule has 0 saturated heterocycles. The van der Waals surface area contributed by atoms with Gasteiger partial charge in [-0.25, -0.2) is 4.98 Å². The Morgan fingerprint density at radius 3 is 2.93 bits per heavy atom. The molecule has 3 nitrogen and oxygen atoms in total. The number of nitrogens with zero attached hydrogens (tertiary/aromatic N) is 3. The fraction of sp³-hybridized carbons (Fsp3) is 0.273. The van der Waals surface area contributed by atoms with E-state index in [1.807, 2.05) is 31.2 Å². The Bertz CT molecular complexity index is 514. The number of benzene rings is 1. The lowest BCUT2D eigenvalue weighted by Crippen LogP contribution is -1.94. The highest BCUT2D eigenvalue weighted by Gasteiger charge is 2.04. The zero-order chi connectivity index (χ0) is 10.8. The Labute approximate surface area is 93.2 Å². The van der Waals surface area contributed by atoms with E-state index in [9.17, 15) is 0 Å². The summed E-state index contributed by atoms with van der Waals surface area (Å²) >= 11 is 1.65. The molecule has 2 rings (SSSR count). The zero-order valence-electron chi connectivity index (χ0n) is 9.06. The van der Waals surface area contributed by atoms with E-state index in [0.717, 1.165) is 21.6 Å². The molecule has 0 aliphatic rings. The lowest BCUT2D eigenvalue weighted by Gasteiger charge is -2.02. The van der Waals surface area contributed by atoms with Crippen LogP contribution in [0.25, 0.3) is 11.0 Å². The Kier molecular flexibility index (Phi) is 2.77. The molecule has 0 atom stereocenters. The lowest BCUT2D eigenvalue weighted by molar-refractivity contribution is 0.947. The summed E-state index contributed by atoms with van der Waals surface area (Å²) in [4.78, 5) is 8.56. The SMILES string of the molecule is CN=C(SC)c1ccc2c(c1)ncn2C. The van der Waals surface area contributed by atoms with E-state index in [-0.39, 0.29) is 0 Å². The summed E-state index contributed by atoms with van der Waals surface area (Å²) in [6.45, 7) is 0. The molecule has 0 unspecified atom stereocenters. The van der Waals surface area contributed by atoms with Crippen molar-refractivity contribution in [3.05, 3.63) is 30.1 Å². The number of aromatic nitrogens is 2. The van der Waals surface area contributed by atoms with E-state index < -0.39 is 0 Å². The maximum atomic E-state index is 4.33. The molecule has 0 fully saturated rings. The predicted molar refractivity (Wildman–Crippen MR) is 66.7 cm³/mol. The maximum absolute atomic E-state index is 4.33. The van der Waals surface area contributed by atoms with Gasteiger partial charge in [0.05, 0.1) is 22.4 Å². The van der Waals surface area contributed by atoms with E-state index in [2.05, 4.69) is 28.2 Å². The van der Waals surface area contributed by atoms with E-state index in [1.165, 1.54) is 0 Å². The summed E-state index contributed by atoms with van der Waals surface area (Å²) < 4.78 is 2.01. The molecular weight excluding hydrogens is 206 g/mol. The molecule has 0 N–H and O–H groups in total. The van der Waals surface area contributed by atoms with Crippen molar-refractivity contribution >= 4 is 27.8 Å². The van der Waals surface area contributed by atoms with Crippen molar-refractivity contribution < 1.29 is 0 Å². The highest BCUT2D eigenvalue weighted by atomic mass is 32.2. The largest absolute Gasteiger partial charge is 0.334 e. The third-order valence-electron chi connectivity index (χ3n) is 2.37. The van der Waals surface area contributed by atoms with Gasteiger partial charge in [0.2, 0.25) is 0 Å². The summed E-state index contributed by atoms with van der Waals surface area (Å²) in [7, 11) is 3.81. The van der Waals surface area contributed by atoms with Gasteiger partial charge in [-0.2, -0.15) is 0 Å². The molecular formula is C11H13N3S. The number of hydrogen-bond donors (Lipinski definition) is 0. The molecule has 78 valence electrons. The Balaban J connectivity index is 2.56. The average Bonchev–Trinajstić information content (AvgIpc) is 2.62. The van der Waals surface area contributed by atoms with Gasteiger partial charge in [0.1, 0.15) is 0 Å². The van der Waals surface area contributed by atoms with Gasteiger partial charge in [-0.1, -0.05) is 6.07 Å². The zero-order valence-corrected chi connectivity index (χ0v) is 9.88. The molecule has 0 saturated carbocycles. The second-order valence-corrected chi connectivity index (χ2v) is 4.09. The molecule has 1 aromatic heterocycles. The van der Waals surface area contributed by atoms with E-state index in [4.69, 9.17) is 0 Å². The molecule has 15 heavy (non-hydrogen) atoms. The number of fused-ring (bicyclic) bond motifs is 1. The predicted octanol–water partition coefficient (Wildman–Crippen LogP) is 2.31. The minimum Gasteiger partial charge on any atom is -0.334 e. The topological polar surface area (TPSA) is 30.2 Å². The summed E-state index contributed by atoms with van der Waals surface area (Å²) in [6, 6.07) is 6.25. The Morgan fingerprint density at radius 2 is 2.27 bits per heavy atom. The number of thioether (sulfide) groups is 1. The molecule has 0 aliphatic heterocycles. The Hall–Kier alpha value is -1.29. The highest BCUT2D eigenvalue weighted by Crippen LogP contribution is 2.17. The van der Waals surface area contributed by atoms with Gasteiger partial charge in [0, 0.05) is 19.7 Å². The summed E-state index contributed by atoms with van der Waals surface area (Å²) in [6.07, 6.45) is 3.86. The number of aryl methyl sites for hydroxylation is 1. The van der Waals surface area contributed by atoms with Crippen molar-refractivity contribution in [1.82, 2.24) is 9.55 Å². The minimum absolute atomic E-state index is 1.02. The molecule has 2 aromatic rings. The van der Waals surface area contributed by atoms with Crippen LogP contribution in [0.2, 0.25) is 0 Å². The fourth-order valence-electron chi connectivity index (χ4n) is 1.61. The lowest BCUT2D eigenvalue weighted by atomic mass is 10.2. The first-order chi connectivity index (χ1) is 7.26. The van der Waals surface area contributed by atoms with Gasteiger partial charge in [0.15, 0.2) is 0 Å². The van der Waals surface area contributed by atoms with Crippen molar-refractivity contribution in [2.24, 2.45) is 12.0 Å². The maximum Gasteiger partial charge on any atom is 0.0971 e. The van der Waals surface area contributed by atoms with Crippen LogP contribution < -0.4 is 0 Å². The first kappa shape index (κ1) is 10.2. The highest BCUT2D eigenvalue weighted by molar-refractivity contribution is 8.13. The molecule has 0 bridgehead atoms. The van der Waals surface area contributed by atoms with Crippen LogP contribution in [0.1, 0.15) is 5.56 Å². The number of rotatable bonds is 1. The van der Waals surface area contributed by atoms with Crippen molar-refractivity contribution in [3.63, 3.8) is 0 Å². The standard InChI is InChI=1S/C11H13N3S/c1-12-11(15-3)8-4-5-10-9(6-8)13-7-14(10)2/h4-7H,1-3H3. The Morgan fingerprint density at radius 1 is 1.47 bits per heavy atom. The first-order valence-corrected chi connectivity index (χ1v) is 5.91. The minimum atomic E-state index is 1.02. The summed E-state index contributed by atoms with van der Waals surface area (Å²) in [5.74, 6) is 0. The van der Waals surface area contributed by atoms with E-state index in [1.54, 1.807) is 11.8 Å². The smallest absolute Gasteiger partial charge is 0.0971 e. The van der Waals surface area contributed by atoms with Crippen molar-refractivity contribution in [3.8, 4) is 0 Å². The molecule has 0 radical (unpaired) electrons. The van der Waals surface area contributed by atoms with Crippen LogP contribution in [0.15, 0.2) is 29.5 Å². The van der Waals surface area contributed by atoms with Crippen LogP contribution in [-0.2, 0) is 7.05 Å². The third kappa shape index (κ3) is 1.77. The van der Waals surface area contributed by atoms with Crippen molar-refractivity contribution in [2.75, 3.05) is 13.3 Å². The van der Waals surface area contributed by atoms with Gasteiger partial charge in [-0.3, -0.25) is 4.99 Å². The van der Waals surface area contributed by atoms with Gasteiger partial charge in [0.25, 0.3) is 0 Å². The van der Waals surface area contributed by atoms with E-state index >= 15 is 0 Å². The van der Waals surface area contributed by atoms with Crippen LogP contribution in [0.4, 0.5) is 0 Å². The fourth-order valence-corrected chi connectivity index (χ4v) is 2.15. The molecule has 0 spiro atoms. The summed E-state index contributed by atoms with van der Waals surface area (Å²) in [5, 5.41) is 1.04. The van der Waals surface area contributed by atoms with Gasteiger partial charge < -0.3 is 4.57 Å². The van der Waals surface area contributed by atoms with Crippen LogP contribution in [0.5, 0.6) is 0 Å². The quantitative estimate of drug-likeness (QED) is 0.544. The van der Waals surface area contributed by atoms with Gasteiger partial charge in [-0.05, 0) is 18.4 Å². The normalized spacial score (nSPS) is 12.3. The van der Waals surface area contributed by atoms with Crippen molar-refractivity contribution in [1.29, 1.82) is 0 Å². The second-order valence-electron chi connectivity index (χ2n) is 3.29. The second kappa shape index (κ2) is 4.06. The van der Waals surface area contributed by atoms with Gasteiger partial charge in [-0.15, -0.1) is 11.8 Å². The molecule has 0 amide bonds. The number of hydrogen-bond acceptors (Lipinski definition) is 3. The van der Waals surface area contributed by atoms with Gasteiger partial charge >= 0.3 is 0 Å². The van der Waals surface area contributed by atoms with Crippen LogP contribution in [-0.4, -0.2) is 27.9 Å².